The van der Waals surface area contributed by atoms with Crippen LogP contribution in [0.15, 0.2) is 30.4 Å². The molecule has 0 fully saturated rings. The zero-order chi connectivity index (χ0) is 13.0. The SMILES string of the molecule is O=C(NCc1ccc(Cl)cc1Cl)C1CC=CCC1. The number of carbonyl (C=O) groups excluding carboxylic acids is 1. The van der Waals surface area contributed by atoms with Crippen LogP contribution in [0.25, 0.3) is 0 Å². The van der Waals surface area contributed by atoms with Crippen LogP contribution in [0.2, 0.25) is 10.0 Å². The highest BCUT2D eigenvalue weighted by Gasteiger charge is 2.18. The summed E-state index contributed by atoms with van der Waals surface area (Å²) in [6, 6.07) is 5.30. The molecule has 2 nitrogen and oxygen atoms in total. The molecular formula is C14H15Cl2NO. The summed E-state index contributed by atoms with van der Waals surface area (Å²) in [7, 11) is 0. The number of hydrogen-bond acceptors (Lipinski definition) is 1. The minimum atomic E-state index is 0.0982. The minimum Gasteiger partial charge on any atom is -0.352 e. The smallest absolute Gasteiger partial charge is 0.223 e. The topological polar surface area (TPSA) is 29.1 Å². The Labute approximate surface area is 117 Å². The molecule has 4 heteroatoms. The molecule has 0 saturated carbocycles. The van der Waals surface area contributed by atoms with Crippen molar-refractivity contribution < 1.29 is 4.79 Å². The van der Waals surface area contributed by atoms with Gasteiger partial charge in [0.2, 0.25) is 5.91 Å². The molecule has 18 heavy (non-hydrogen) atoms. The van der Waals surface area contributed by atoms with Crippen LogP contribution in [0.1, 0.15) is 24.8 Å². The summed E-state index contributed by atoms with van der Waals surface area (Å²) in [6.07, 6.45) is 6.94. The normalized spacial score (nSPS) is 18.7. The highest BCUT2D eigenvalue weighted by atomic mass is 35.5. The van der Waals surface area contributed by atoms with E-state index in [1.165, 1.54) is 0 Å². The van der Waals surface area contributed by atoms with Gasteiger partial charge in [-0.1, -0.05) is 41.4 Å². The fourth-order valence-corrected chi connectivity index (χ4v) is 2.50. The molecule has 1 aromatic carbocycles. The Balaban J connectivity index is 1.90. The molecule has 0 saturated heterocycles. The zero-order valence-electron chi connectivity index (χ0n) is 9.96. The second kappa shape index (κ2) is 6.26. The average molecular weight is 284 g/mol. The Morgan fingerprint density at radius 1 is 1.33 bits per heavy atom. The molecule has 0 bridgehead atoms. The van der Waals surface area contributed by atoms with Gasteiger partial charge >= 0.3 is 0 Å². The summed E-state index contributed by atoms with van der Waals surface area (Å²) in [6.45, 7) is 0.453. The van der Waals surface area contributed by atoms with Gasteiger partial charge < -0.3 is 5.32 Å². The van der Waals surface area contributed by atoms with E-state index >= 15 is 0 Å². The summed E-state index contributed by atoms with van der Waals surface area (Å²) < 4.78 is 0. The molecule has 1 aliphatic carbocycles. The first kappa shape index (κ1) is 13.4. The lowest BCUT2D eigenvalue weighted by Crippen LogP contribution is -2.30. The van der Waals surface area contributed by atoms with E-state index in [4.69, 9.17) is 23.2 Å². The summed E-state index contributed by atoms with van der Waals surface area (Å²) >= 11 is 11.9. The molecule has 0 spiro atoms. The molecule has 2 rings (SSSR count). The van der Waals surface area contributed by atoms with E-state index in [0.717, 1.165) is 24.8 Å². The number of halogens is 2. The van der Waals surface area contributed by atoms with Crippen LogP contribution in [0, 0.1) is 5.92 Å². The zero-order valence-corrected chi connectivity index (χ0v) is 11.5. The molecule has 1 aromatic rings. The quantitative estimate of drug-likeness (QED) is 0.836. The van der Waals surface area contributed by atoms with Crippen LogP contribution < -0.4 is 5.32 Å². The van der Waals surface area contributed by atoms with Crippen molar-refractivity contribution in [2.45, 2.75) is 25.8 Å². The Bertz CT molecular complexity index is 471. The molecule has 1 aliphatic rings. The van der Waals surface area contributed by atoms with Gasteiger partial charge in [0, 0.05) is 22.5 Å². The van der Waals surface area contributed by atoms with Crippen molar-refractivity contribution in [1.82, 2.24) is 5.32 Å². The first-order chi connectivity index (χ1) is 8.66. The number of rotatable bonds is 3. The van der Waals surface area contributed by atoms with Gasteiger partial charge in [0.15, 0.2) is 0 Å². The van der Waals surface area contributed by atoms with Gasteiger partial charge in [0.1, 0.15) is 0 Å². The van der Waals surface area contributed by atoms with E-state index < -0.39 is 0 Å². The Morgan fingerprint density at radius 2 is 2.17 bits per heavy atom. The van der Waals surface area contributed by atoms with Gasteiger partial charge in [-0.15, -0.1) is 0 Å². The van der Waals surface area contributed by atoms with Gasteiger partial charge in [-0.05, 0) is 37.0 Å². The lowest BCUT2D eigenvalue weighted by molar-refractivity contribution is -0.125. The first-order valence-corrected chi connectivity index (χ1v) is 6.79. The largest absolute Gasteiger partial charge is 0.352 e. The molecule has 1 unspecified atom stereocenters. The number of carbonyl (C=O) groups is 1. The fourth-order valence-electron chi connectivity index (χ4n) is 2.02. The van der Waals surface area contributed by atoms with Crippen molar-refractivity contribution in [1.29, 1.82) is 0 Å². The van der Waals surface area contributed by atoms with Crippen molar-refractivity contribution in [3.8, 4) is 0 Å². The predicted molar refractivity (Wildman–Crippen MR) is 74.8 cm³/mol. The Morgan fingerprint density at radius 3 is 2.83 bits per heavy atom. The van der Waals surface area contributed by atoms with Crippen molar-refractivity contribution in [3.05, 3.63) is 46.0 Å². The van der Waals surface area contributed by atoms with Gasteiger partial charge in [-0.3, -0.25) is 4.79 Å². The lowest BCUT2D eigenvalue weighted by Gasteiger charge is -2.17. The molecule has 0 radical (unpaired) electrons. The van der Waals surface area contributed by atoms with Crippen molar-refractivity contribution >= 4 is 29.1 Å². The van der Waals surface area contributed by atoms with E-state index in [9.17, 15) is 4.79 Å². The summed E-state index contributed by atoms with van der Waals surface area (Å²) in [5, 5.41) is 4.12. The number of allylic oxidation sites excluding steroid dienone is 2. The number of hydrogen-bond donors (Lipinski definition) is 1. The van der Waals surface area contributed by atoms with E-state index in [-0.39, 0.29) is 11.8 Å². The van der Waals surface area contributed by atoms with Gasteiger partial charge in [-0.25, -0.2) is 0 Å². The predicted octanol–water partition coefficient (Wildman–Crippen LogP) is 3.97. The number of benzene rings is 1. The molecule has 1 atom stereocenters. The fraction of sp³-hybridized carbons (Fsp3) is 0.357. The van der Waals surface area contributed by atoms with Crippen LogP contribution in [0.4, 0.5) is 0 Å². The molecule has 1 amide bonds. The number of nitrogens with one attached hydrogen (secondary N) is 1. The van der Waals surface area contributed by atoms with Gasteiger partial charge in [-0.2, -0.15) is 0 Å². The average Bonchev–Trinajstić information content (AvgIpc) is 2.38. The van der Waals surface area contributed by atoms with Crippen LogP contribution in [-0.4, -0.2) is 5.91 Å². The maximum absolute atomic E-state index is 11.9. The number of amides is 1. The first-order valence-electron chi connectivity index (χ1n) is 6.03. The Kier molecular flexibility index (Phi) is 4.67. The van der Waals surface area contributed by atoms with Crippen molar-refractivity contribution in [2.24, 2.45) is 5.92 Å². The third-order valence-electron chi connectivity index (χ3n) is 3.11. The van der Waals surface area contributed by atoms with Gasteiger partial charge in [0.25, 0.3) is 0 Å². The van der Waals surface area contributed by atoms with Crippen molar-refractivity contribution in [3.63, 3.8) is 0 Å². The third-order valence-corrected chi connectivity index (χ3v) is 3.69. The maximum Gasteiger partial charge on any atom is 0.223 e. The van der Waals surface area contributed by atoms with Crippen LogP contribution in [-0.2, 0) is 11.3 Å². The van der Waals surface area contributed by atoms with Crippen LogP contribution >= 0.6 is 23.2 Å². The third kappa shape index (κ3) is 3.50. The second-order valence-corrected chi connectivity index (χ2v) is 5.28. The maximum atomic E-state index is 11.9. The van der Waals surface area contributed by atoms with Crippen LogP contribution in [0.3, 0.4) is 0 Å². The van der Waals surface area contributed by atoms with E-state index in [1.54, 1.807) is 12.1 Å². The molecular weight excluding hydrogens is 269 g/mol. The molecule has 0 aromatic heterocycles. The molecule has 96 valence electrons. The van der Waals surface area contributed by atoms with E-state index in [0.29, 0.717) is 16.6 Å². The monoisotopic (exact) mass is 283 g/mol. The van der Waals surface area contributed by atoms with E-state index in [1.807, 2.05) is 6.07 Å². The van der Waals surface area contributed by atoms with E-state index in [2.05, 4.69) is 17.5 Å². The van der Waals surface area contributed by atoms with Crippen molar-refractivity contribution in [2.75, 3.05) is 0 Å². The molecule has 0 heterocycles. The second-order valence-electron chi connectivity index (χ2n) is 4.43. The van der Waals surface area contributed by atoms with Crippen LogP contribution in [0.5, 0.6) is 0 Å². The highest BCUT2D eigenvalue weighted by molar-refractivity contribution is 6.35. The summed E-state index contributed by atoms with van der Waals surface area (Å²) in [5.41, 5.74) is 0.890. The minimum absolute atomic E-state index is 0.0982. The molecule has 1 N–H and O–H groups in total. The summed E-state index contributed by atoms with van der Waals surface area (Å²) in [4.78, 5) is 11.9. The standard InChI is InChI=1S/C14H15Cl2NO/c15-12-7-6-11(13(16)8-12)9-17-14(18)10-4-2-1-3-5-10/h1-2,6-8,10H,3-5,9H2,(H,17,18). The molecule has 0 aliphatic heterocycles. The lowest BCUT2D eigenvalue weighted by atomic mass is 9.93. The Hall–Kier alpha value is -0.990. The van der Waals surface area contributed by atoms with Gasteiger partial charge in [0.05, 0.1) is 0 Å². The highest BCUT2D eigenvalue weighted by Crippen LogP contribution is 2.22. The summed E-state index contributed by atoms with van der Waals surface area (Å²) in [5.74, 6) is 0.200.